The van der Waals surface area contributed by atoms with Crippen molar-refractivity contribution in [3.63, 3.8) is 0 Å². The highest BCUT2D eigenvalue weighted by Crippen LogP contribution is 1.88. The Bertz CT molecular complexity index is 97.1. The van der Waals surface area contributed by atoms with Crippen LogP contribution in [0.25, 0.3) is 0 Å². The lowest BCUT2D eigenvalue weighted by atomic mass is 10.5. The first-order valence-corrected chi connectivity index (χ1v) is 3.60. The highest BCUT2D eigenvalue weighted by atomic mass is 79.9. The molecule has 54 valence electrons. The molecule has 0 radical (unpaired) electrons. The maximum Gasteiger partial charge on any atom is 0.206 e. The molecule has 0 unspecified atom stereocenters. The average Bonchev–Trinajstić information content (AvgIpc) is 1.90. The molecule has 0 bridgehead atoms. The van der Waals surface area contributed by atoms with E-state index in [1.807, 2.05) is 5.12 Å². The maximum atomic E-state index is 5.12. The lowest BCUT2D eigenvalue weighted by Crippen LogP contribution is -3.00. The van der Waals surface area contributed by atoms with Gasteiger partial charge in [0.2, 0.25) is 5.12 Å². The van der Waals surface area contributed by atoms with Gasteiger partial charge >= 0.3 is 0 Å². The van der Waals surface area contributed by atoms with Crippen molar-refractivity contribution >= 4 is 21.1 Å². The molecule has 0 atom stereocenters. The molecule has 0 aromatic heterocycles. The molecule has 1 saturated heterocycles. The van der Waals surface area contributed by atoms with Gasteiger partial charge in [0.1, 0.15) is 13.2 Å². The summed E-state index contributed by atoms with van der Waals surface area (Å²) >= 11 is 3.26. The Morgan fingerprint density at radius 3 is 2.22 bits per heavy atom. The molecular formula is C5H9Br2NO. The first kappa shape index (κ1) is 9.59. The number of nitrogens with zero attached hydrogens (tertiary/aromatic N) is 1. The van der Waals surface area contributed by atoms with Gasteiger partial charge in [0.25, 0.3) is 0 Å². The number of hydrogen-bond donors (Lipinski definition) is 0. The summed E-state index contributed by atoms with van der Waals surface area (Å²) < 4.78 is 7.30. The highest BCUT2D eigenvalue weighted by Gasteiger charge is 2.08. The zero-order valence-corrected chi connectivity index (χ0v) is 8.19. The van der Waals surface area contributed by atoms with Crippen molar-refractivity contribution in [3.05, 3.63) is 0 Å². The lowest BCUT2D eigenvalue weighted by molar-refractivity contribution is -0.542. The minimum atomic E-state index is 0. The number of rotatable bonds is 0. The second-order valence-electron chi connectivity index (χ2n) is 1.75. The summed E-state index contributed by atoms with van der Waals surface area (Å²) in [7, 11) is 0. The van der Waals surface area contributed by atoms with Gasteiger partial charge in [-0.3, -0.25) is 0 Å². The third-order valence-electron chi connectivity index (χ3n) is 1.18. The third-order valence-corrected chi connectivity index (χ3v) is 1.76. The van der Waals surface area contributed by atoms with Crippen LogP contribution in [0, 0.1) is 0 Å². The molecule has 1 aliphatic heterocycles. The molecule has 9 heavy (non-hydrogen) atoms. The molecule has 4 heteroatoms. The minimum Gasteiger partial charge on any atom is -1.00 e. The Balaban J connectivity index is 0.000000640. The fourth-order valence-electron chi connectivity index (χ4n) is 0.675. The van der Waals surface area contributed by atoms with Crippen LogP contribution in [0.2, 0.25) is 0 Å². The SMILES string of the molecule is BrC=[N+]1CCOCC1.[Br-]. The van der Waals surface area contributed by atoms with Crippen LogP contribution in [0.1, 0.15) is 0 Å². The highest BCUT2D eigenvalue weighted by molar-refractivity contribution is 9.17. The van der Waals surface area contributed by atoms with Crippen molar-refractivity contribution in [2.75, 3.05) is 26.3 Å². The van der Waals surface area contributed by atoms with Crippen molar-refractivity contribution in [3.8, 4) is 0 Å². The molecule has 0 aromatic carbocycles. The van der Waals surface area contributed by atoms with Crippen molar-refractivity contribution in [1.82, 2.24) is 0 Å². The lowest BCUT2D eigenvalue weighted by Gasteiger charge is -2.08. The summed E-state index contributed by atoms with van der Waals surface area (Å²) in [6.45, 7) is 3.76. The minimum absolute atomic E-state index is 0. The van der Waals surface area contributed by atoms with E-state index in [2.05, 4.69) is 20.5 Å². The molecule has 0 aromatic rings. The van der Waals surface area contributed by atoms with Crippen LogP contribution in [0.4, 0.5) is 0 Å². The van der Waals surface area contributed by atoms with Gasteiger partial charge in [-0.05, 0) is 0 Å². The van der Waals surface area contributed by atoms with Gasteiger partial charge in [-0.25, -0.2) is 4.58 Å². The third kappa shape index (κ3) is 3.33. The normalized spacial score (nSPS) is 18.6. The summed E-state index contributed by atoms with van der Waals surface area (Å²) in [6.07, 6.45) is 0. The number of morpholine rings is 1. The van der Waals surface area contributed by atoms with E-state index in [-0.39, 0.29) is 17.0 Å². The fourth-order valence-corrected chi connectivity index (χ4v) is 1.08. The van der Waals surface area contributed by atoms with Crippen LogP contribution in [0.5, 0.6) is 0 Å². The summed E-state index contributed by atoms with van der Waals surface area (Å²) in [5, 5.41) is 1.93. The van der Waals surface area contributed by atoms with Gasteiger partial charge in [0.15, 0.2) is 13.1 Å². The number of ether oxygens (including phenoxy) is 1. The molecule has 1 heterocycles. The second kappa shape index (κ2) is 5.38. The van der Waals surface area contributed by atoms with Crippen molar-refractivity contribution in [2.45, 2.75) is 0 Å². The smallest absolute Gasteiger partial charge is 0.206 e. The molecule has 0 spiro atoms. The van der Waals surface area contributed by atoms with E-state index < -0.39 is 0 Å². The van der Waals surface area contributed by atoms with E-state index in [1.165, 1.54) is 0 Å². The van der Waals surface area contributed by atoms with E-state index in [1.54, 1.807) is 0 Å². The van der Waals surface area contributed by atoms with Gasteiger partial charge < -0.3 is 21.7 Å². The van der Waals surface area contributed by atoms with E-state index in [9.17, 15) is 0 Å². The zero-order chi connectivity index (χ0) is 5.82. The summed E-state index contributed by atoms with van der Waals surface area (Å²) in [5.41, 5.74) is 0. The van der Waals surface area contributed by atoms with E-state index >= 15 is 0 Å². The molecule has 1 aliphatic rings. The molecule has 0 saturated carbocycles. The van der Waals surface area contributed by atoms with Crippen LogP contribution >= 0.6 is 15.9 Å². The largest absolute Gasteiger partial charge is 1.00 e. The quantitative estimate of drug-likeness (QED) is 0.436. The first-order chi connectivity index (χ1) is 3.93. The zero-order valence-electron chi connectivity index (χ0n) is 5.02. The number of hydrogen-bond acceptors (Lipinski definition) is 1. The Morgan fingerprint density at radius 1 is 1.33 bits per heavy atom. The predicted octanol–water partition coefficient (Wildman–Crippen LogP) is -2.54. The average molecular weight is 259 g/mol. The van der Waals surface area contributed by atoms with Crippen LogP contribution < -0.4 is 17.0 Å². The Morgan fingerprint density at radius 2 is 1.89 bits per heavy atom. The molecule has 0 N–H and O–H groups in total. The monoisotopic (exact) mass is 257 g/mol. The van der Waals surface area contributed by atoms with E-state index in [0.717, 1.165) is 26.3 Å². The second-order valence-corrected chi connectivity index (χ2v) is 2.16. The summed E-state index contributed by atoms with van der Waals surface area (Å²) in [4.78, 5) is 0. The molecule has 2 nitrogen and oxygen atoms in total. The number of halogens is 2. The van der Waals surface area contributed by atoms with Crippen molar-refractivity contribution < 1.29 is 26.3 Å². The van der Waals surface area contributed by atoms with Crippen LogP contribution in [0.3, 0.4) is 0 Å². The molecule has 0 aliphatic carbocycles. The Labute approximate surface area is 73.8 Å². The standard InChI is InChI=1S/C5H9BrNO.BrH/c6-5-7-1-3-8-4-2-7;/h5H,1-4H2;1H/q+1;/p-1. The van der Waals surface area contributed by atoms with Gasteiger partial charge in [-0.15, -0.1) is 0 Å². The molecular weight excluding hydrogens is 250 g/mol. The Kier molecular flexibility index (Phi) is 5.73. The van der Waals surface area contributed by atoms with Gasteiger partial charge in [0, 0.05) is 15.9 Å². The first-order valence-electron chi connectivity index (χ1n) is 2.69. The van der Waals surface area contributed by atoms with Crippen LogP contribution in [-0.4, -0.2) is 36.0 Å². The Hall–Kier alpha value is 0.590. The van der Waals surface area contributed by atoms with Crippen molar-refractivity contribution in [1.29, 1.82) is 0 Å². The van der Waals surface area contributed by atoms with Crippen molar-refractivity contribution in [2.24, 2.45) is 0 Å². The van der Waals surface area contributed by atoms with E-state index in [4.69, 9.17) is 4.74 Å². The molecule has 0 amide bonds. The van der Waals surface area contributed by atoms with Gasteiger partial charge in [-0.2, -0.15) is 0 Å². The summed E-state index contributed by atoms with van der Waals surface area (Å²) in [5.74, 6) is 0. The molecule has 1 fully saturated rings. The topological polar surface area (TPSA) is 12.2 Å². The predicted molar refractivity (Wildman–Crippen MR) is 35.8 cm³/mol. The molecule has 1 rings (SSSR count). The van der Waals surface area contributed by atoms with Crippen LogP contribution in [-0.2, 0) is 4.74 Å². The van der Waals surface area contributed by atoms with Gasteiger partial charge in [0.05, 0.1) is 0 Å². The fraction of sp³-hybridized carbons (Fsp3) is 0.800. The van der Waals surface area contributed by atoms with E-state index in [0.29, 0.717) is 0 Å². The maximum absolute atomic E-state index is 5.12. The van der Waals surface area contributed by atoms with Crippen LogP contribution in [0.15, 0.2) is 0 Å². The van der Waals surface area contributed by atoms with Gasteiger partial charge in [-0.1, -0.05) is 0 Å². The summed E-state index contributed by atoms with van der Waals surface area (Å²) in [6, 6.07) is 0.